The molecule has 2 heterocycles. The first-order valence-electron chi connectivity index (χ1n) is 8.14. The van der Waals surface area contributed by atoms with Gasteiger partial charge in [0.2, 0.25) is 0 Å². The van der Waals surface area contributed by atoms with Crippen LogP contribution in [0.4, 0.5) is 0 Å². The summed E-state index contributed by atoms with van der Waals surface area (Å²) in [7, 11) is 1.60. The molecule has 0 atom stereocenters. The van der Waals surface area contributed by atoms with E-state index in [0.29, 0.717) is 30.1 Å². The first-order chi connectivity index (χ1) is 12.6. The van der Waals surface area contributed by atoms with Gasteiger partial charge in [-0.2, -0.15) is 0 Å². The smallest absolute Gasteiger partial charge is 0.287 e. The lowest BCUT2D eigenvalue weighted by Gasteiger charge is -2.10. The molecule has 0 aliphatic heterocycles. The van der Waals surface area contributed by atoms with Crippen molar-refractivity contribution in [3.8, 4) is 5.75 Å². The number of hydrogen-bond acceptors (Lipinski definition) is 5. The topological polar surface area (TPSA) is 93.5 Å². The Morgan fingerprint density at radius 3 is 2.58 bits per heavy atom. The summed E-state index contributed by atoms with van der Waals surface area (Å²) in [4.78, 5) is 28.6. The van der Waals surface area contributed by atoms with E-state index in [9.17, 15) is 9.59 Å². The van der Waals surface area contributed by atoms with Crippen molar-refractivity contribution in [1.82, 2.24) is 15.6 Å². The maximum absolute atomic E-state index is 12.4. The van der Waals surface area contributed by atoms with E-state index in [-0.39, 0.29) is 17.6 Å². The normalized spacial score (nSPS) is 10.5. The lowest BCUT2D eigenvalue weighted by atomic mass is 10.1. The second kappa shape index (κ2) is 7.69. The number of benzene rings is 1. The monoisotopic (exact) mass is 353 g/mol. The number of pyridine rings is 1. The van der Waals surface area contributed by atoms with Crippen LogP contribution in [0, 0.1) is 6.92 Å². The van der Waals surface area contributed by atoms with Crippen molar-refractivity contribution in [2.24, 2.45) is 0 Å². The number of nitrogens with one attached hydrogen (secondary N) is 2. The summed E-state index contributed by atoms with van der Waals surface area (Å²) in [6.45, 7) is 2.38. The van der Waals surface area contributed by atoms with Crippen molar-refractivity contribution >= 4 is 22.7 Å². The van der Waals surface area contributed by atoms with Crippen LogP contribution in [-0.4, -0.2) is 37.0 Å². The molecular formula is C19H19N3O4. The van der Waals surface area contributed by atoms with Crippen LogP contribution < -0.4 is 15.4 Å². The highest BCUT2D eigenvalue weighted by Gasteiger charge is 2.12. The molecule has 0 bridgehead atoms. The zero-order chi connectivity index (χ0) is 18.5. The van der Waals surface area contributed by atoms with Gasteiger partial charge < -0.3 is 19.8 Å². The van der Waals surface area contributed by atoms with Gasteiger partial charge in [-0.25, -0.2) is 0 Å². The summed E-state index contributed by atoms with van der Waals surface area (Å²) in [5.74, 6) is 0.400. The third-order valence-corrected chi connectivity index (χ3v) is 3.90. The average Bonchev–Trinajstić information content (AvgIpc) is 3.18. The van der Waals surface area contributed by atoms with Crippen molar-refractivity contribution in [3.05, 3.63) is 59.7 Å². The lowest BCUT2D eigenvalue weighted by Crippen LogP contribution is -2.34. The second-order valence-corrected chi connectivity index (χ2v) is 5.67. The first-order valence-corrected chi connectivity index (χ1v) is 8.14. The Kier molecular flexibility index (Phi) is 5.17. The highest BCUT2D eigenvalue weighted by Crippen LogP contribution is 2.21. The summed E-state index contributed by atoms with van der Waals surface area (Å²) in [6, 6.07) is 10.5. The van der Waals surface area contributed by atoms with Gasteiger partial charge in [-0.15, -0.1) is 0 Å². The Bertz CT molecular complexity index is 935. The fraction of sp³-hybridized carbons (Fsp3) is 0.211. The molecule has 0 radical (unpaired) electrons. The molecule has 7 heteroatoms. The fourth-order valence-corrected chi connectivity index (χ4v) is 2.54. The molecule has 2 N–H and O–H groups in total. The Labute approximate surface area is 150 Å². The molecule has 7 nitrogen and oxygen atoms in total. The quantitative estimate of drug-likeness (QED) is 0.663. The molecule has 0 aliphatic rings. The molecule has 0 saturated heterocycles. The summed E-state index contributed by atoms with van der Waals surface area (Å²) < 4.78 is 10.2. The number of methoxy groups -OCH3 is 1. The number of ether oxygens (including phenoxy) is 1. The maximum atomic E-state index is 12.4. The molecule has 3 aromatic rings. The number of nitrogens with zero attached hydrogens (tertiary/aromatic N) is 1. The molecule has 1 aromatic carbocycles. The minimum Gasteiger partial charge on any atom is -0.497 e. The van der Waals surface area contributed by atoms with E-state index in [1.807, 2.05) is 18.2 Å². The number of fused-ring (bicyclic) bond motifs is 1. The molecule has 0 saturated carbocycles. The Morgan fingerprint density at radius 2 is 1.88 bits per heavy atom. The third-order valence-electron chi connectivity index (χ3n) is 3.90. The van der Waals surface area contributed by atoms with Gasteiger partial charge in [-0.3, -0.25) is 14.6 Å². The summed E-state index contributed by atoms with van der Waals surface area (Å²) in [5.41, 5.74) is 1.90. The highest BCUT2D eigenvalue weighted by molar-refractivity contribution is 5.98. The number of carbonyl (C=O) groups is 2. The van der Waals surface area contributed by atoms with Crippen molar-refractivity contribution in [1.29, 1.82) is 0 Å². The first kappa shape index (κ1) is 17.5. The van der Waals surface area contributed by atoms with Crippen LogP contribution in [0.25, 0.3) is 10.9 Å². The predicted octanol–water partition coefficient (Wildman–Crippen LogP) is 2.30. The largest absolute Gasteiger partial charge is 0.497 e. The van der Waals surface area contributed by atoms with E-state index in [0.717, 1.165) is 10.9 Å². The summed E-state index contributed by atoms with van der Waals surface area (Å²) in [5, 5.41) is 6.30. The van der Waals surface area contributed by atoms with Gasteiger partial charge in [0.25, 0.3) is 11.8 Å². The van der Waals surface area contributed by atoms with Crippen molar-refractivity contribution in [3.63, 3.8) is 0 Å². The number of rotatable bonds is 6. The minimum atomic E-state index is -0.318. The van der Waals surface area contributed by atoms with Gasteiger partial charge in [0.15, 0.2) is 5.76 Å². The fourth-order valence-electron chi connectivity index (χ4n) is 2.54. The molecule has 134 valence electrons. The Morgan fingerprint density at radius 1 is 1.12 bits per heavy atom. The molecule has 0 unspecified atom stereocenters. The highest BCUT2D eigenvalue weighted by atomic mass is 16.5. The molecule has 3 rings (SSSR count). The zero-order valence-electron chi connectivity index (χ0n) is 14.5. The maximum Gasteiger partial charge on any atom is 0.287 e. The van der Waals surface area contributed by atoms with Crippen molar-refractivity contribution < 1.29 is 18.7 Å². The van der Waals surface area contributed by atoms with Crippen LogP contribution in [0.2, 0.25) is 0 Å². The summed E-state index contributed by atoms with van der Waals surface area (Å²) in [6.07, 6.45) is 1.43. The lowest BCUT2D eigenvalue weighted by molar-refractivity contribution is 0.0910. The van der Waals surface area contributed by atoms with Gasteiger partial charge in [-0.1, -0.05) is 0 Å². The predicted molar refractivity (Wildman–Crippen MR) is 96.4 cm³/mol. The van der Waals surface area contributed by atoms with Crippen molar-refractivity contribution in [2.75, 3.05) is 20.2 Å². The van der Waals surface area contributed by atoms with Gasteiger partial charge in [0.05, 0.1) is 30.1 Å². The van der Waals surface area contributed by atoms with Crippen LogP contribution in [0.5, 0.6) is 5.75 Å². The molecule has 0 fully saturated rings. The van der Waals surface area contributed by atoms with Crippen molar-refractivity contribution in [2.45, 2.75) is 6.92 Å². The molecule has 2 aromatic heterocycles. The van der Waals surface area contributed by atoms with Crippen LogP contribution in [0.15, 0.2) is 47.1 Å². The van der Waals surface area contributed by atoms with Crippen LogP contribution in [0.1, 0.15) is 26.6 Å². The molecule has 2 amide bonds. The van der Waals surface area contributed by atoms with Gasteiger partial charge in [0, 0.05) is 24.5 Å². The van der Waals surface area contributed by atoms with E-state index >= 15 is 0 Å². The van der Waals surface area contributed by atoms with E-state index in [2.05, 4.69) is 15.6 Å². The number of aromatic nitrogens is 1. The van der Waals surface area contributed by atoms with Gasteiger partial charge in [0.1, 0.15) is 5.75 Å². The minimum absolute atomic E-state index is 0.236. The van der Waals surface area contributed by atoms with Gasteiger partial charge in [-0.05, 0) is 37.3 Å². The zero-order valence-corrected chi connectivity index (χ0v) is 14.5. The van der Waals surface area contributed by atoms with E-state index < -0.39 is 0 Å². The number of aryl methyl sites for hydroxylation is 1. The number of hydrogen-bond donors (Lipinski definition) is 2. The summed E-state index contributed by atoms with van der Waals surface area (Å²) >= 11 is 0. The number of amides is 2. The van der Waals surface area contributed by atoms with Crippen LogP contribution in [0.3, 0.4) is 0 Å². The molecule has 26 heavy (non-hydrogen) atoms. The van der Waals surface area contributed by atoms with E-state index in [1.165, 1.54) is 6.26 Å². The Balaban J connectivity index is 1.60. The number of carbonyl (C=O) groups excluding carboxylic acids is 2. The molecule has 0 spiro atoms. The second-order valence-electron chi connectivity index (χ2n) is 5.67. The SMILES string of the molecule is COc1ccc2cc(C(=O)NCCNC(=O)c3ccco3)c(C)nc2c1. The van der Waals surface area contributed by atoms with E-state index in [4.69, 9.17) is 9.15 Å². The van der Waals surface area contributed by atoms with Gasteiger partial charge >= 0.3 is 0 Å². The van der Waals surface area contributed by atoms with Crippen LogP contribution in [-0.2, 0) is 0 Å². The van der Waals surface area contributed by atoms with Crippen LogP contribution >= 0.6 is 0 Å². The molecular weight excluding hydrogens is 334 g/mol. The van der Waals surface area contributed by atoms with E-state index in [1.54, 1.807) is 32.2 Å². The Hall–Kier alpha value is -3.35. The molecule has 0 aliphatic carbocycles. The standard InChI is InChI=1S/C19H19N3O4/c1-12-15(10-13-5-6-14(25-2)11-16(13)22-12)18(23)20-7-8-21-19(24)17-4-3-9-26-17/h3-6,9-11H,7-8H2,1-2H3,(H,20,23)(H,21,24). The third kappa shape index (κ3) is 3.83. The average molecular weight is 353 g/mol. The number of furan rings is 1.